The zero-order valence-corrected chi connectivity index (χ0v) is 19.1. The molecule has 1 aliphatic heterocycles. The van der Waals surface area contributed by atoms with Gasteiger partial charge in [-0.05, 0) is 55.6 Å². The first-order valence-corrected chi connectivity index (χ1v) is 12.6. The molecule has 0 saturated carbocycles. The molecular weight excluding hydrogens is 372 g/mol. The van der Waals surface area contributed by atoms with Crippen molar-refractivity contribution in [3.8, 4) is 5.75 Å². The molecule has 6 nitrogen and oxygen atoms in total. The van der Waals surface area contributed by atoms with Crippen LogP contribution in [0.1, 0.15) is 49.5 Å². The summed E-state index contributed by atoms with van der Waals surface area (Å²) >= 11 is 0. The largest absolute Gasteiger partial charge is 0.496 e. The number of hydrogen-bond donors (Lipinski definition) is 0. The van der Waals surface area contributed by atoms with Crippen molar-refractivity contribution in [1.82, 2.24) is 4.90 Å². The van der Waals surface area contributed by atoms with Gasteiger partial charge in [-0.3, -0.25) is 4.79 Å². The molecule has 1 atom stereocenters. The molecule has 2 rings (SSSR count). The van der Waals surface area contributed by atoms with E-state index in [9.17, 15) is 9.59 Å². The highest BCUT2D eigenvalue weighted by Gasteiger charge is 2.39. The van der Waals surface area contributed by atoms with Crippen LogP contribution in [-0.2, 0) is 9.22 Å². The fourth-order valence-corrected chi connectivity index (χ4v) is 4.20. The van der Waals surface area contributed by atoms with Gasteiger partial charge >= 0.3 is 0 Å². The summed E-state index contributed by atoms with van der Waals surface area (Å²) in [7, 11) is -0.329. The maximum absolute atomic E-state index is 13.3. The van der Waals surface area contributed by atoms with Crippen molar-refractivity contribution in [2.24, 2.45) is 4.99 Å². The number of aliphatic imine (C=N–C) groups is 1. The van der Waals surface area contributed by atoms with E-state index in [0.29, 0.717) is 30.2 Å². The molecule has 1 aromatic rings. The van der Waals surface area contributed by atoms with Crippen molar-refractivity contribution in [2.75, 3.05) is 20.3 Å². The van der Waals surface area contributed by atoms with Crippen LogP contribution in [0.15, 0.2) is 17.1 Å². The third kappa shape index (κ3) is 4.72. The number of ether oxygens (including phenoxy) is 1. The van der Waals surface area contributed by atoms with Crippen LogP contribution in [-0.4, -0.2) is 51.5 Å². The van der Waals surface area contributed by atoms with Gasteiger partial charge in [0.25, 0.3) is 5.91 Å². The summed E-state index contributed by atoms with van der Waals surface area (Å²) in [4.78, 5) is 29.7. The molecule has 1 aliphatic rings. The van der Waals surface area contributed by atoms with Gasteiger partial charge < -0.3 is 14.1 Å². The quantitative estimate of drug-likeness (QED) is 0.395. The van der Waals surface area contributed by atoms with E-state index in [2.05, 4.69) is 38.9 Å². The number of benzene rings is 1. The van der Waals surface area contributed by atoms with E-state index in [1.54, 1.807) is 25.3 Å². The number of aryl methyl sites for hydroxylation is 1. The Hall–Kier alpha value is -1.95. The van der Waals surface area contributed by atoms with Gasteiger partial charge in [-0.1, -0.05) is 20.8 Å². The van der Waals surface area contributed by atoms with Gasteiger partial charge in [-0.25, -0.2) is 4.79 Å². The topological polar surface area (TPSA) is 68.2 Å². The highest BCUT2D eigenvalue weighted by molar-refractivity contribution is 6.74. The van der Waals surface area contributed by atoms with Gasteiger partial charge in [-0.15, -0.1) is 0 Å². The molecule has 1 fully saturated rings. The smallest absolute Gasteiger partial charge is 0.256 e. The number of carbonyl (C=O) groups is 1. The summed E-state index contributed by atoms with van der Waals surface area (Å²) in [6.07, 6.45) is 3.40. The number of carbonyl (C=O) groups excluding carboxylic acids is 2. The van der Waals surface area contributed by atoms with Crippen molar-refractivity contribution >= 4 is 26.0 Å². The molecule has 7 heteroatoms. The monoisotopic (exact) mass is 404 g/mol. The van der Waals surface area contributed by atoms with Crippen LogP contribution in [0.3, 0.4) is 0 Å². The lowest BCUT2D eigenvalue weighted by Crippen LogP contribution is -2.46. The molecule has 154 valence electrons. The first kappa shape index (κ1) is 22.3. The average molecular weight is 405 g/mol. The van der Waals surface area contributed by atoms with Gasteiger partial charge in [0.2, 0.25) is 6.08 Å². The average Bonchev–Trinajstić information content (AvgIpc) is 3.07. The number of nitrogens with zero attached hydrogens (tertiary/aromatic N) is 2. The fourth-order valence-electron chi connectivity index (χ4n) is 3.16. The van der Waals surface area contributed by atoms with E-state index in [4.69, 9.17) is 9.16 Å². The standard InChI is InChI=1S/C21H32N2O4Si/c1-15-11-18(22-14-24)17(12-19(15)26-5)20(25)23-10-8-9-16(23)13-27-28(6,7)21(2,3)4/h11-12,16H,8-10,13H2,1-7H3/t16-/m0/s1. The van der Waals surface area contributed by atoms with Crippen molar-refractivity contribution in [2.45, 2.75) is 64.7 Å². The SMILES string of the molecule is COc1cc(C(=O)N2CCC[C@H]2CO[Si](C)(C)C(C)(C)C)c(N=C=O)cc1C. The minimum absolute atomic E-state index is 0.0296. The zero-order chi connectivity index (χ0) is 21.1. The molecule has 1 saturated heterocycles. The lowest BCUT2D eigenvalue weighted by atomic mass is 10.1. The highest BCUT2D eigenvalue weighted by atomic mass is 28.4. The van der Waals surface area contributed by atoms with E-state index >= 15 is 0 Å². The van der Waals surface area contributed by atoms with Crippen molar-refractivity contribution in [3.05, 3.63) is 23.3 Å². The minimum Gasteiger partial charge on any atom is -0.496 e. The fraction of sp³-hybridized carbons (Fsp3) is 0.619. The Labute approximate surface area is 169 Å². The highest BCUT2D eigenvalue weighted by Crippen LogP contribution is 2.37. The van der Waals surface area contributed by atoms with Crippen molar-refractivity contribution in [3.63, 3.8) is 0 Å². The van der Waals surface area contributed by atoms with E-state index in [1.807, 2.05) is 11.8 Å². The molecule has 0 radical (unpaired) electrons. The third-order valence-corrected chi connectivity index (χ3v) is 10.5. The van der Waals surface area contributed by atoms with E-state index in [0.717, 1.165) is 18.4 Å². The van der Waals surface area contributed by atoms with Crippen LogP contribution < -0.4 is 4.74 Å². The Balaban J connectivity index is 2.27. The number of rotatable bonds is 6. The second kappa shape index (κ2) is 8.60. The number of likely N-dealkylation sites (tertiary alicyclic amines) is 1. The summed E-state index contributed by atoms with van der Waals surface area (Å²) in [5.41, 5.74) is 1.51. The number of hydrogen-bond acceptors (Lipinski definition) is 5. The maximum atomic E-state index is 13.3. The lowest BCUT2D eigenvalue weighted by Gasteiger charge is -2.38. The van der Waals surface area contributed by atoms with Gasteiger partial charge in [0.05, 0.1) is 31.0 Å². The Bertz CT molecular complexity index is 779. The van der Waals surface area contributed by atoms with Crippen LogP contribution in [0, 0.1) is 6.92 Å². The van der Waals surface area contributed by atoms with Crippen LogP contribution in [0.4, 0.5) is 5.69 Å². The molecule has 0 aromatic heterocycles. The molecule has 1 amide bonds. The second-order valence-electron chi connectivity index (χ2n) is 8.91. The predicted octanol–water partition coefficient (Wildman–Crippen LogP) is 4.60. The Kier molecular flexibility index (Phi) is 6.86. The summed E-state index contributed by atoms with van der Waals surface area (Å²) < 4.78 is 11.7. The lowest BCUT2D eigenvalue weighted by molar-refractivity contribution is 0.0684. The van der Waals surface area contributed by atoms with Crippen LogP contribution >= 0.6 is 0 Å². The Morgan fingerprint density at radius 2 is 2.04 bits per heavy atom. The van der Waals surface area contributed by atoms with E-state index in [-0.39, 0.29) is 17.0 Å². The minimum atomic E-state index is -1.89. The van der Waals surface area contributed by atoms with Crippen molar-refractivity contribution < 1.29 is 18.8 Å². The second-order valence-corrected chi connectivity index (χ2v) is 13.7. The maximum Gasteiger partial charge on any atom is 0.256 e. The van der Waals surface area contributed by atoms with Gasteiger partial charge in [0.15, 0.2) is 8.32 Å². The van der Waals surface area contributed by atoms with Crippen LogP contribution in [0.5, 0.6) is 5.75 Å². The van der Waals surface area contributed by atoms with Crippen LogP contribution in [0.25, 0.3) is 0 Å². The Morgan fingerprint density at radius 3 is 2.61 bits per heavy atom. The summed E-state index contributed by atoms with van der Waals surface area (Å²) in [6, 6.07) is 3.38. The van der Waals surface area contributed by atoms with Gasteiger partial charge in [-0.2, -0.15) is 4.99 Å². The summed E-state index contributed by atoms with van der Waals surface area (Å²) in [5, 5.41) is 0.122. The molecule has 0 N–H and O–H groups in total. The third-order valence-electron chi connectivity index (χ3n) is 5.99. The molecule has 0 bridgehead atoms. The molecule has 0 unspecified atom stereocenters. The molecule has 1 aromatic carbocycles. The normalized spacial score (nSPS) is 17.4. The first-order chi connectivity index (χ1) is 13.0. The summed E-state index contributed by atoms with van der Waals surface area (Å²) in [5.74, 6) is 0.454. The molecule has 0 aliphatic carbocycles. The van der Waals surface area contributed by atoms with Crippen LogP contribution in [0.2, 0.25) is 18.1 Å². The van der Waals surface area contributed by atoms with E-state index < -0.39 is 8.32 Å². The molecule has 0 spiro atoms. The summed E-state index contributed by atoms with van der Waals surface area (Å²) in [6.45, 7) is 14.1. The molecular formula is C21H32N2O4Si. The van der Waals surface area contributed by atoms with E-state index in [1.165, 1.54) is 0 Å². The number of isocyanates is 1. The molecule has 28 heavy (non-hydrogen) atoms. The van der Waals surface area contributed by atoms with Gasteiger partial charge in [0.1, 0.15) is 5.75 Å². The van der Waals surface area contributed by atoms with Crippen molar-refractivity contribution in [1.29, 1.82) is 0 Å². The molecule has 1 heterocycles. The Morgan fingerprint density at radius 1 is 1.36 bits per heavy atom. The number of amides is 1. The number of methoxy groups -OCH3 is 1. The predicted molar refractivity (Wildman–Crippen MR) is 113 cm³/mol. The first-order valence-electron chi connectivity index (χ1n) is 9.73. The zero-order valence-electron chi connectivity index (χ0n) is 18.1. The van der Waals surface area contributed by atoms with Gasteiger partial charge in [0, 0.05) is 6.54 Å².